The van der Waals surface area contributed by atoms with E-state index in [-0.39, 0.29) is 17.9 Å². The van der Waals surface area contributed by atoms with Gasteiger partial charge in [-0.05, 0) is 31.2 Å². The topological polar surface area (TPSA) is 52.7 Å². The molecule has 0 aliphatic carbocycles. The lowest BCUT2D eigenvalue weighted by Gasteiger charge is -2.36. The Morgan fingerprint density at radius 1 is 0.923 bits per heavy atom. The van der Waals surface area contributed by atoms with Crippen molar-refractivity contribution in [3.63, 3.8) is 0 Å². The molecule has 1 fully saturated rings. The molecule has 2 aromatic rings. The van der Waals surface area contributed by atoms with E-state index in [1.54, 1.807) is 12.1 Å². The highest BCUT2D eigenvalue weighted by Gasteiger charge is 2.23. The van der Waals surface area contributed by atoms with Crippen LogP contribution in [-0.2, 0) is 4.79 Å². The lowest BCUT2D eigenvalue weighted by Crippen LogP contribution is -2.50. The molecule has 1 saturated heterocycles. The smallest absolute Gasteiger partial charge is 0.251 e. The number of rotatable bonds is 5. The predicted octanol–water partition coefficient (Wildman–Crippen LogP) is 2.54. The number of amides is 2. The number of benzene rings is 2. The van der Waals surface area contributed by atoms with Crippen LogP contribution in [-0.4, -0.2) is 48.9 Å². The summed E-state index contributed by atoms with van der Waals surface area (Å²) in [6, 6.07) is 19.1. The summed E-state index contributed by atoms with van der Waals surface area (Å²) in [4.78, 5) is 28.9. The molecule has 1 N–H and O–H groups in total. The van der Waals surface area contributed by atoms with Crippen molar-refractivity contribution < 1.29 is 9.59 Å². The van der Waals surface area contributed by atoms with Crippen LogP contribution < -0.4 is 10.2 Å². The van der Waals surface area contributed by atoms with E-state index in [0.717, 1.165) is 13.1 Å². The molecule has 0 spiro atoms. The molecule has 3 rings (SSSR count). The molecule has 5 heteroatoms. The first-order chi connectivity index (χ1) is 12.6. The first kappa shape index (κ1) is 18.0. The van der Waals surface area contributed by atoms with Gasteiger partial charge in [0, 0.05) is 49.9 Å². The molecular weight excluding hydrogens is 326 g/mol. The molecule has 0 aromatic heterocycles. The van der Waals surface area contributed by atoms with E-state index in [2.05, 4.69) is 22.3 Å². The lowest BCUT2D eigenvalue weighted by molar-refractivity contribution is -0.131. The van der Waals surface area contributed by atoms with Crippen LogP contribution in [0.2, 0.25) is 0 Å². The van der Waals surface area contributed by atoms with Crippen molar-refractivity contribution in [2.75, 3.05) is 31.1 Å². The number of carbonyl (C=O) groups is 2. The Kier molecular flexibility index (Phi) is 5.89. The molecule has 0 saturated carbocycles. The zero-order valence-corrected chi connectivity index (χ0v) is 15.1. The summed E-state index contributed by atoms with van der Waals surface area (Å²) in [5.41, 5.74) is 1.81. The van der Waals surface area contributed by atoms with Crippen LogP contribution in [0.5, 0.6) is 0 Å². The Morgan fingerprint density at radius 2 is 1.50 bits per heavy atom. The highest BCUT2D eigenvalue weighted by atomic mass is 16.2. The van der Waals surface area contributed by atoms with Gasteiger partial charge in [0.15, 0.2) is 0 Å². The monoisotopic (exact) mass is 351 g/mol. The van der Waals surface area contributed by atoms with Gasteiger partial charge >= 0.3 is 0 Å². The van der Waals surface area contributed by atoms with Crippen molar-refractivity contribution >= 4 is 17.5 Å². The number of piperazine rings is 1. The fraction of sp³-hybridized carbons (Fsp3) is 0.333. The van der Waals surface area contributed by atoms with Gasteiger partial charge in [-0.15, -0.1) is 0 Å². The summed E-state index contributed by atoms with van der Waals surface area (Å²) < 4.78 is 0. The third-order valence-electron chi connectivity index (χ3n) is 4.65. The number of hydrogen-bond acceptors (Lipinski definition) is 3. The SMILES string of the molecule is CC(CC(=O)N1CCN(c2ccccc2)CC1)NC(=O)c1ccccc1. The molecule has 0 radical (unpaired) electrons. The first-order valence-corrected chi connectivity index (χ1v) is 9.07. The molecule has 0 bridgehead atoms. The van der Waals surface area contributed by atoms with E-state index in [9.17, 15) is 9.59 Å². The number of hydrogen-bond donors (Lipinski definition) is 1. The van der Waals surface area contributed by atoms with E-state index in [0.29, 0.717) is 25.1 Å². The summed E-state index contributed by atoms with van der Waals surface area (Å²) in [5, 5.41) is 2.90. The van der Waals surface area contributed by atoms with Crippen LogP contribution in [0.4, 0.5) is 5.69 Å². The average Bonchev–Trinajstić information content (AvgIpc) is 2.69. The van der Waals surface area contributed by atoms with E-state index in [1.165, 1.54) is 5.69 Å². The maximum atomic E-state index is 12.5. The fourth-order valence-electron chi connectivity index (χ4n) is 3.19. The van der Waals surface area contributed by atoms with E-state index in [1.807, 2.05) is 48.2 Å². The number of nitrogens with zero attached hydrogens (tertiary/aromatic N) is 2. The van der Waals surface area contributed by atoms with Crippen LogP contribution in [0.25, 0.3) is 0 Å². The maximum absolute atomic E-state index is 12.5. The second-order valence-corrected chi connectivity index (χ2v) is 6.65. The molecule has 1 atom stereocenters. The number of anilines is 1. The van der Waals surface area contributed by atoms with Crippen LogP contribution in [0, 0.1) is 0 Å². The minimum atomic E-state index is -0.192. The van der Waals surface area contributed by atoms with Gasteiger partial charge in [-0.1, -0.05) is 36.4 Å². The van der Waals surface area contributed by atoms with Gasteiger partial charge in [-0.2, -0.15) is 0 Å². The van der Waals surface area contributed by atoms with Crippen molar-refractivity contribution in [2.45, 2.75) is 19.4 Å². The third-order valence-corrected chi connectivity index (χ3v) is 4.65. The second kappa shape index (κ2) is 8.52. The fourth-order valence-corrected chi connectivity index (χ4v) is 3.19. The van der Waals surface area contributed by atoms with Gasteiger partial charge < -0.3 is 15.1 Å². The zero-order valence-electron chi connectivity index (χ0n) is 15.1. The Morgan fingerprint density at radius 3 is 2.12 bits per heavy atom. The summed E-state index contributed by atoms with van der Waals surface area (Å²) in [6.07, 6.45) is 0.323. The summed E-state index contributed by atoms with van der Waals surface area (Å²) in [7, 11) is 0. The summed E-state index contributed by atoms with van der Waals surface area (Å²) >= 11 is 0. The normalized spacial score (nSPS) is 15.4. The number of carbonyl (C=O) groups excluding carboxylic acids is 2. The molecule has 26 heavy (non-hydrogen) atoms. The van der Waals surface area contributed by atoms with Crippen molar-refractivity contribution in [3.05, 3.63) is 66.2 Å². The maximum Gasteiger partial charge on any atom is 0.251 e. The summed E-state index contributed by atoms with van der Waals surface area (Å²) in [5.74, 6) is -0.0432. The van der Waals surface area contributed by atoms with Gasteiger partial charge in [-0.3, -0.25) is 9.59 Å². The predicted molar refractivity (Wildman–Crippen MR) is 103 cm³/mol. The van der Waals surface area contributed by atoms with E-state index < -0.39 is 0 Å². The van der Waals surface area contributed by atoms with E-state index >= 15 is 0 Å². The van der Waals surface area contributed by atoms with Crippen molar-refractivity contribution in [2.24, 2.45) is 0 Å². The Balaban J connectivity index is 1.46. The molecule has 1 aliphatic heterocycles. The molecule has 1 unspecified atom stereocenters. The second-order valence-electron chi connectivity index (χ2n) is 6.65. The van der Waals surface area contributed by atoms with Crippen LogP contribution in [0.15, 0.2) is 60.7 Å². The highest BCUT2D eigenvalue weighted by molar-refractivity contribution is 5.94. The molecule has 5 nitrogen and oxygen atoms in total. The lowest BCUT2D eigenvalue weighted by atomic mass is 10.1. The highest BCUT2D eigenvalue weighted by Crippen LogP contribution is 2.16. The van der Waals surface area contributed by atoms with E-state index in [4.69, 9.17) is 0 Å². The minimum absolute atomic E-state index is 0.0959. The minimum Gasteiger partial charge on any atom is -0.368 e. The van der Waals surface area contributed by atoms with Crippen molar-refractivity contribution in [1.82, 2.24) is 10.2 Å². The molecule has 2 aromatic carbocycles. The zero-order chi connectivity index (χ0) is 18.4. The van der Waals surface area contributed by atoms with Crippen LogP contribution in [0.1, 0.15) is 23.7 Å². The van der Waals surface area contributed by atoms with Crippen LogP contribution >= 0.6 is 0 Å². The van der Waals surface area contributed by atoms with Gasteiger partial charge in [0.1, 0.15) is 0 Å². The van der Waals surface area contributed by atoms with Gasteiger partial charge in [0.05, 0.1) is 0 Å². The quantitative estimate of drug-likeness (QED) is 0.901. The molecule has 136 valence electrons. The molecule has 1 heterocycles. The first-order valence-electron chi connectivity index (χ1n) is 9.07. The van der Waals surface area contributed by atoms with Crippen LogP contribution in [0.3, 0.4) is 0 Å². The van der Waals surface area contributed by atoms with Gasteiger partial charge in [-0.25, -0.2) is 0 Å². The molecule has 2 amide bonds. The Bertz CT molecular complexity index is 725. The van der Waals surface area contributed by atoms with Crippen molar-refractivity contribution in [3.8, 4) is 0 Å². The van der Waals surface area contributed by atoms with Gasteiger partial charge in [0.25, 0.3) is 5.91 Å². The number of para-hydroxylation sites is 1. The largest absolute Gasteiger partial charge is 0.368 e. The summed E-state index contributed by atoms with van der Waals surface area (Å²) in [6.45, 7) is 4.97. The Labute approximate surface area is 154 Å². The molecule has 1 aliphatic rings. The number of nitrogens with one attached hydrogen (secondary N) is 1. The Hall–Kier alpha value is -2.82. The average molecular weight is 351 g/mol. The third kappa shape index (κ3) is 4.63. The van der Waals surface area contributed by atoms with Crippen molar-refractivity contribution in [1.29, 1.82) is 0 Å². The molecular formula is C21H25N3O2. The van der Waals surface area contributed by atoms with Gasteiger partial charge in [0.2, 0.25) is 5.91 Å². The standard InChI is InChI=1S/C21H25N3O2/c1-17(22-21(26)18-8-4-2-5-9-18)16-20(25)24-14-12-23(13-15-24)19-10-6-3-7-11-19/h2-11,17H,12-16H2,1H3,(H,22,26).